The fourth-order valence-electron chi connectivity index (χ4n) is 3.28. The number of hydrogen-bond donors (Lipinski definition) is 1. The third-order valence-electron chi connectivity index (χ3n) is 4.41. The molecule has 0 bridgehead atoms. The first kappa shape index (κ1) is 13.3. The molecule has 1 heterocycles. The molecule has 0 aromatic carbocycles. The van der Waals surface area contributed by atoms with Gasteiger partial charge in [-0.3, -0.25) is 0 Å². The minimum Gasteiger partial charge on any atom is -0.390 e. The molecule has 0 aromatic rings. The zero-order chi connectivity index (χ0) is 12.1. The normalized spacial score (nSPS) is 34.6. The van der Waals surface area contributed by atoms with Crippen LogP contribution in [-0.4, -0.2) is 48.5 Å². The van der Waals surface area contributed by atoms with Gasteiger partial charge in [-0.2, -0.15) is 0 Å². The van der Waals surface area contributed by atoms with E-state index in [9.17, 15) is 5.11 Å². The van der Waals surface area contributed by atoms with Gasteiger partial charge in [-0.1, -0.05) is 19.8 Å². The summed E-state index contributed by atoms with van der Waals surface area (Å²) in [5.74, 6) is 0.510. The van der Waals surface area contributed by atoms with Gasteiger partial charge in [0.15, 0.2) is 0 Å². The van der Waals surface area contributed by atoms with Crippen molar-refractivity contribution in [1.82, 2.24) is 4.90 Å². The highest BCUT2D eigenvalue weighted by atomic mass is 16.5. The van der Waals surface area contributed by atoms with Gasteiger partial charge in [-0.15, -0.1) is 0 Å². The van der Waals surface area contributed by atoms with E-state index >= 15 is 0 Å². The summed E-state index contributed by atoms with van der Waals surface area (Å²) in [7, 11) is 0. The number of fused-ring (bicyclic) bond motifs is 1. The molecule has 1 aliphatic carbocycles. The molecule has 2 fully saturated rings. The zero-order valence-corrected chi connectivity index (χ0v) is 11.2. The van der Waals surface area contributed by atoms with Crippen molar-refractivity contribution in [1.29, 1.82) is 0 Å². The summed E-state index contributed by atoms with van der Waals surface area (Å²) in [5.41, 5.74) is -0.334. The van der Waals surface area contributed by atoms with Crippen molar-refractivity contribution in [2.24, 2.45) is 5.92 Å². The number of ether oxygens (including phenoxy) is 1. The topological polar surface area (TPSA) is 32.7 Å². The minimum atomic E-state index is -0.334. The van der Waals surface area contributed by atoms with Gasteiger partial charge in [-0.05, 0) is 25.7 Å². The minimum absolute atomic E-state index is 0.334. The molecule has 2 atom stereocenters. The lowest BCUT2D eigenvalue weighted by atomic mass is 9.71. The molecule has 1 saturated heterocycles. The average molecular weight is 241 g/mol. The number of piperidine rings is 1. The number of nitrogens with zero attached hydrogens (tertiary/aromatic N) is 1. The van der Waals surface area contributed by atoms with Crippen LogP contribution in [-0.2, 0) is 4.74 Å². The highest BCUT2D eigenvalue weighted by Gasteiger charge is 2.42. The monoisotopic (exact) mass is 241 g/mol. The summed E-state index contributed by atoms with van der Waals surface area (Å²) >= 11 is 0. The van der Waals surface area contributed by atoms with Crippen LogP contribution in [0, 0.1) is 5.92 Å². The molecule has 3 nitrogen and oxygen atoms in total. The lowest BCUT2D eigenvalue weighted by molar-refractivity contribution is -0.0977. The second-order valence-corrected chi connectivity index (χ2v) is 5.71. The van der Waals surface area contributed by atoms with Gasteiger partial charge in [0, 0.05) is 32.2 Å². The van der Waals surface area contributed by atoms with E-state index in [4.69, 9.17) is 4.74 Å². The van der Waals surface area contributed by atoms with Gasteiger partial charge in [-0.25, -0.2) is 0 Å². The maximum Gasteiger partial charge on any atom is 0.0700 e. The summed E-state index contributed by atoms with van der Waals surface area (Å²) in [6.07, 6.45) is 6.81. The van der Waals surface area contributed by atoms with E-state index in [1.165, 1.54) is 19.3 Å². The van der Waals surface area contributed by atoms with E-state index in [1.54, 1.807) is 0 Å². The van der Waals surface area contributed by atoms with Crippen molar-refractivity contribution in [2.45, 2.75) is 51.0 Å². The Morgan fingerprint density at radius 3 is 3.00 bits per heavy atom. The number of rotatable bonds is 5. The maximum absolute atomic E-state index is 10.6. The Bertz CT molecular complexity index is 234. The fraction of sp³-hybridized carbons (Fsp3) is 1.00. The first-order chi connectivity index (χ1) is 8.24. The van der Waals surface area contributed by atoms with E-state index in [-0.39, 0.29) is 5.60 Å². The smallest absolute Gasteiger partial charge is 0.0700 e. The van der Waals surface area contributed by atoms with Crippen molar-refractivity contribution in [3.63, 3.8) is 0 Å². The van der Waals surface area contributed by atoms with Crippen LogP contribution in [0.25, 0.3) is 0 Å². The summed E-state index contributed by atoms with van der Waals surface area (Å²) in [5, 5.41) is 10.6. The molecule has 0 spiro atoms. The van der Waals surface area contributed by atoms with Gasteiger partial charge in [0.1, 0.15) is 0 Å². The largest absolute Gasteiger partial charge is 0.390 e. The third kappa shape index (κ3) is 3.43. The van der Waals surface area contributed by atoms with Gasteiger partial charge in [0.25, 0.3) is 0 Å². The van der Waals surface area contributed by atoms with Gasteiger partial charge >= 0.3 is 0 Å². The predicted octanol–water partition coefficient (Wildman–Crippen LogP) is 2.04. The molecule has 0 aromatic heterocycles. The average Bonchev–Trinajstić information content (AvgIpc) is 2.34. The molecule has 3 heteroatoms. The summed E-state index contributed by atoms with van der Waals surface area (Å²) < 4.78 is 5.54. The molecule has 100 valence electrons. The lowest BCUT2D eigenvalue weighted by Gasteiger charge is -2.47. The Labute approximate surface area is 105 Å². The van der Waals surface area contributed by atoms with E-state index < -0.39 is 0 Å². The molecule has 17 heavy (non-hydrogen) atoms. The van der Waals surface area contributed by atoms with Gasteiger partial charge < -0.3 is 14.7 Å². The van der Waals surface area contributed by atoms with Crippen LogP contribution < -0.4 is 0 Å². The number of aliphatic hydroxyl groups is 1. The molecule has 0 radical (unpaired) electrons. The van der Waals surface area contributed by atoms with Crippen LogP contribution in [0.4, 0.5) is 0 Å². The summed E-state index contributed by atoms with van der Waals surface area (Å²) in [6, 6.07) is 0. The Kier molecular flexibility index (Phi) is 4.83. The van der Waals surface area contributed by atoms with E-state index in [0.717, 1.165) is 52.1 Å². The van der Waals surface area contributed by atoms with Crippen molar-refractivity contribution >= 4 is 0 Å². The first-order valence-corrected chi connectivity index (χ1v) is 7.27. The molecule has 2 rings (SSSR count). The Balaban J connectivity index is 1.73. The second kappa shape index (κ2) is 6.17. The number of hydrogen-bond acceptors (Lipinski definition) is 3. The molecule has 2 unspecified atom stereocenters. The molecular formula is C14H27NO2. The standard InChI is InChI=1S/C14H27NO2/c1-2-10-17-11-9-15-8-7-14(16)6-4-3-5-13(14)12-15/h13,16H,2-12H2,1H3. The molecule has 1 N–H and O–H groups in total. The Morgan fingerprint density at radius 2 is 2.18 bits per heavy atom. The highest BCUT2D eigenvalue weighted by Crippen LogP contribution is 2.39. The molecule has 1 saturated carbocycles. The zero-order valence-electron chi connectivity index (χ0n) is 11.2. The van der Waals surface area contributed by atoms with E-state index in [2.05, 4.69) is 11.8 Å². The quantitative estimate of drug-likeness (QED) is 0.748. The van der Waals surface area contributed by atoms with Crippen molar-refractivity contribution in [3.05, 3.63) is 0 Å². The number of likely N-dealkylation sites (tertiary alicyclic amines) is 1. The molecule has 1 aliphatic heterocycles. The second-order valence-electron chi connectivity index (χ2n) is 5.71. The summed E-state index contributed by atoms with van der Waals surface area (Å²) in [6.45, 7) is 7.02. The van der Waals surface area contributed by atoms with Crippen LogP contribution in [0.3, 0.4) is 0 Å². The van der Waals surface area contributed by atoms with Gasteiger partial charge in [0.2, 0.25) is 0 Å². The SMILES string of the molecule is CCCOCCN1CCC2(O)CCCCC2C1. The lowest BCUT2D eigenvalue weighted by Crippen LogP contribution is -2.53. The van der Waals surface area contributed by atoms with Crippen molar-refractivity contribution in [2.75, 3.05) is 32.8 Å². The van der Waals surface area contributed by atoms with Crippen molar-refractivity contribution < 1.29 is 9.84 Å². The fourth-order valence-corrected chi connectivity index (χ4v) is 3.28. The van der Waals surface area contributed by atoms with E-state index in [1.807, 2.05) is 0 Å². The van der Waals surface area contributed by atoms with E-state index in [0.29, 0.717) is 5.92 Å². The van der Waals surface area contributed by atoms with Crippen LogP contribution in [0.1, 0.15) is 45.4 Å². The molecule has 0 amide bonds. The highest BCUT2D eigenvalue weighted by molar-refractivity contribution is 4.95. The summed E-state index contributed by atoms with van der Waals surface area (Å²) in [4.78, 5) is 2.47. The predicted molar refractivity (Wildman–Crippen MR) is 69.1 cm³/mol. The third-order valence-corrected chi connectivity index (χ3v) is 4.41. The van der Waals surface area contributed by atoms with Crippen LogP contribution >= 0.6 is 0 Å². The van der Waals surface area contributed by atoms with Crippen LogP contribution in [0.15, 0.2) is 0 Å². The van der Waals surface area contributed by atoms with Crippen LogP contribution in [0.2, 0.25) is 0 Å². The first-order valence-electron chi connectivity index (χ1n) is 7.27. The van der Waals surface area contributed by atoms with Gasteiger partial charge in [0.05, 0.1) is 12.2 Å². The Morgan fingerprint density at radius 1 is 1.29 bits per heavy atom. The van der Waals surface area contributed by atoms with Crippen molar-refractivity contribution in [3.8, 4) is 0 Å². The maximum atomic E-state index is 10.6. The molecule has 2 aliphatic rings. The molecular weight excluding hydrogens is 214 g/mol. The van der Waals surface area contributed by atoms with Crippen LogP contribution in [0.5, 0.6) is 0 Å². The Hall–Kier alpha value is -0.120.